The number of hydrogen-bond acceptors (Lipinski definition) is 6. The number of carbonyl (C=O) groups is 1. The standard InChI is InChI=1S/C23H21F5N4O2S/c1-13-9-22(24,25)12-32(17(13)11-34-18-7-6-15(10-30-18)23(26,27)28)21(33)19-20(35-14(2)31-19)16-5-3-4-8-29-16/h3-8,10,13,17H,9,11-12H2,1-2H3. The van der Waals surface area contributed by atoms with Gasteiger partial charge in [-0.3, -0.25) is 9.78 Å². The Morgan fingerprint density at radius 1 is 1.23 bits per heavy atom. The maximum Gasteiger partial charge on any atom is 0.417 e. The van der Waals surface area contributed by atoms with Gasteiger partial charge in [0.05, 0.1) is 33.7 Å². The quantitative estimate of drug-likeness (QED) is 0.423. The molecule has 1 aliphatic rings. The fraction of sp³-hybridized carbons (Fsp3) is 0.391. The summed E-state index contributed by atoms with van der Waals surface area (Å²) in [5.41, 5.74) is -0.415. The van der Waals surface area contributed by atoms with Crippen LogP contribution >= 0.6 is 11.3 Å². The van der Waals surface area contributed by atoms with E-state index in [4.69, 9.17) is 4.74 Å². The normalized spacial score (nSPS) is 20.0. The van der Waals surface area contributed by atoms with Crippen LogP contribution < -0.4 is 4.74 Å². The van der Waals surface area contributed by atoms with Gasteiger partial charge < -0.3 is 9.64 Å². The van der Waals surface area contributed by atoms with Crippen LogP contribution in [0.4, 0.5) is 22.0 Å². The van der Waals surface area contributed by atoms with Gasteiger partial charge in [0.15, 0.2) is 0 Å². The second kappa shape index (κ2) is 9.48. The molecule has 0 aromatic carbocycles. The Kier molecular flexibility index (Phi) is 6.76. The van der Waals surface area contributed by atoms with Crippen LogP contribution in [0.25, 0.3) is 10.6 Å². The summed E-state index contributed by atoms with van der Waals surface area (Å²) in [6, 6.07) is 6.27. The second-order valence-electron chi connectivity index (χ2n) is 8.36. The zero-order valence-corrected chi connectivity index (χ0v) is 19.5. The number of hydrogen-bond donors (Lipinski definition) is 0. The van der Waals surface area contributed by atoms with Crippen LogP contribution in [0.5, 0.6) is 5.88 Å². The predicted molar refractivity (Wildman–Crippen MR) is 118 cm³/mol. The van der Waals surface area contributed by atoms with Crippen LogP contribution in [-0.2, 0) is 6.18 Å². The maximum absolute atomic E-state index is 14.5. The average molecular weight is 513 g/mol. The van der Waals surface area contributed by atoms with E-state index in [1.807, 2.05) is 0 Å². The number of likely N-dealkylation sites (tertiary alicyclic amines) is 1. The molecule has 12 heteroatoms. The molecule has 4 rings (SSSR count). The molecule has 0 saturated carbocycles. The van der Waals surface area contributed by atoms with Gasteiger partial charge in [-0.15, -0.1) is 11.3 Å². The van der Waals surface area contributed by atoms with Crippen molar-refractivity contribution in [2.24, 2.45) is 5.92 Å². The van der Waals surface area contributed by atoms with E-state index >= 15 is 0 Å². The lowest BCUT2D eigenvalue weighted by molar-refractivity contribution is -0.137. The lowest BCUT2D eigenvalue weighted by atomic mass is 9.88. The molecule has 2 unspecified atom stereocenters. The third-order valence-electron chi connectivity index (χ3n) is 5.64. The summed E-state index contributed by atoms with van der Waals surface area (Å²) in [6.45, 7) is 2.23. The number of ether oxygens (including phenoxy) is 1. The minimum atomic E-state index is -4.55. The molecule has 1 saturated heterocycles. The van der Waals surface area contributed by atoms with Gasteiger partial charge in [-0.1, -0.05) is 13.0 Å². The van der Waals surface area contributed by atoms with Gasteiger partial charge in [-0.25, -0.2) is 18.7 Å². The lowest BCUT2D eigenvalue weighted by Crippen LogP contribution is -2.57. The van der Waals surface area contributed by atoms with Gasteiger partial charge in [0.1, 0.15) is 12.3 Å². The molecule has 2 atom stereocenters. The highest BCUT2D eigenvalue weighted by atomic mass is 32.1. The molecule has 6 nitrogen and oxygen atoms in total. The summed E-state index contributed by atoms with van der Waals surface area (Å²) in [7, 11) is 0. The number of thiazole rings is 1. The van der Waals surface area contributed by atoms with Crippen molar-refractivity contribution in [1.82, 2.24) is 19.9 Å². The highest BCUT2D eigenvalue weighted by molar-refractivity contribution is 7.15. The molecule has 0 bridgehead atoms. The first kappa shape index (κ1) is 25.0. The molecular formula is C23H21F5N4O2S. The molecule has 3 aromatic rings. The highest BCUT2D eigenvalue weighted by Gasteiger charge is 2.47. The number of piperidine rings is 1. The Labute approximate surface area is 201 Å². The van der Waals surface area contributed by atoms with Crippen molar-refractivity contribution >= 4 is 17.2 Å². The number of carbonyl (C=O) groups excluding carboxylic acids is 1. The zero-order valence-electron chi connectivity index (χ0n) is 18.7. The molecule has 3 aromatic heterocycles. The summed E-state index contributed by atoms with van der Waals surface area (Å²) in [5, 5.41) is 0.576. The van der Waals surface area contributed by atoms with Crippen molar-refractivity contribution < 1.29 is 31.5 Å². The molecule has 186 valence electrons. The van der Waals surface area contributed by atoms with Crippen molar-refractivity contribution in [3.63, 3.8) is 0 Å². The van der Waals surface area contributed by atoms with Gasteiger partial charge >= 0.3 is 6.18 Å². The predicted octanol–water partition coefficient (Wildman–Crippen LogP) is 5.49. The van der Waals surface area contributed by atoms with Crippen LogP contribution in [-0.4, -0.2) is 50.9 Å². The first-order chi connectivity index (χ1) is 16.4. The molecule has 1 amide bonds. The summed E-state index contributed by atoms with van der Waals surface area (Å²) in [6.07, 6.45) is -2.82. The number of aromatic nitrogens is 3. The van der Waals surface area contributed by atoms with Gasteiger partial charge in [-0.05, 0) is 31.0 Å². The Balaban J connectivity index is 1.60. The molecule has 0 radical (unpaired) electrons. The second-order valence-corrected chi connectivity index (χ2v) is 9.56. The number of nitrogens with zero attached hydrogens (tertiary/aromatic N) is 4. The number of halogens is 5. The van der Waals surface area contributed by atoms with Crippen LogP contribution in [0.15, 0.2) is 42.7 Å². The Bertz CT molecular complexity index is 1180. The van der Waals surface area contributed by atoms with Gasteiger partial charge in [0.2, 0.25) is 5.88 Å². The number of alkyl halides is 5. The number of pyridine rings is 2. The molecule has 1 fully saturated rings. The number of amides is 1. The van der Waals surface area contributed by atoms with E-state index in [2.05, 4.69) is 15.0 Å². The van der Waals surface area contributed by atoms with Gasteiger partial charge in [0, 0.05) is 24.9 Å². The van der Waals surface area contributed by atoms with Gasteiger partial charge in [-0.2, -0.15) is 13.2 Å². The first-order valence-electron chi connectivity index (χ1n) is 10.7. The smallest absolute Gasteiger partial charge is 0.417 e. The number of aryl methyl sites for hydroxylation is 1. The van der Waals surface area contributed by atoms with E-state index in [0.717, 1.165) is 17.0 Å². The zero-order chi connectivity index (χ0) is 25.4. The van der Waals surface area contributed by atoms with E-state index < -0.39 is 48.5 Å². The fourth-order valence-electron chi connectivity index (χ4n) is 4.00. The number of rotatable bonds is 5. The topological polar surface area (TPSA) is 68.2 Å². The Morgan fingerprint density at radius 3 is 2.63 bits per heavy atom. The minimum absolute atomic E-state index is 0.0220. The monoisotopic (exact) mass is 512 g/mol. The van der Waals surface area contributed by atoms with Crippen LogP contribution in [0.2, 0.25) is 0 Å². The molecule has 35 heavy (non-hydrogen) atoms. The van der Waals surface area contributed by atoms with E-state index in [1.54, 1.807) is 38.2 Å². The average Bonchev–Trinajstić information content (AvgIpc) is 3.19. The summed E-state index contributed by atoms with van der Waals surface area (Å²) < 4.78 is 72.9. The van der Waals surface area contributed by atoms with E-state index in [-0.39, 0.29) is 18.2 Å². The van der Waals surface area contributed by atoms with Crippen molar-refractivity contribution in [3.8, 4) is 16.5 Å². The third-order valence-corrected chi connectivity index (χ3v) is 6.63. The SMILES string of the molecule is Cc1nc(C(=O)N2CC(F)(F)CC(C)C2COc2ccc(C(F)(F)F)cn2)c(-c2ccccn2)s1. The molecule has 4 heterocycles. The largest absolute Gasteiger partial charge is 0.475 e. The molecule has 0 spiro atoms. The lowest BCUT2D eigenvalue weighted by Gasteiger charge is -2.42. The summed E-state index contributed by atoms with van der Waals surface area (Å²) in [5.74, 6) is -4.56. The van der Waals surface area contributed by atoms with Gasteiger partial charge in [0.25, 0.3) is 11.8 Å². The molecule has 0 aliphatic carbocycles. The summed E-state index contributed by atoms with van der Waals surface area (Å²) >= 11 is 1.23. The first-order valence-corrected chi connectivity index (χ1v) is 11.5. The van der Waals surface area contributed by atoms with E-state index in [9.17, 15) is 26.7 Å². The molecule has 1 aliphatic heterocycles. The third kappa shape index (κ3) is 5.58. The minimum Gasteiger partial charge on any atom is -0.475 e. The van der Waals surface area contributed by atoms with Crippen LogP contribution in [0.3, 0.4) is 0 Å². The Morgan fingerprint density at radius 2 is 2.00 bits per heavy atom. The highest BCUT2D eigenvalue weighted by Crippen LogP contribution is 2.37. The molecular weight excluding hydrogens is 491 g/mol. The maximum atomic E-state index is 14.5. The van der Waals surface area contributed by atoms with Crippen LogP contribution in [0.1, 0.15) is 34.4 Å². The Hall–Kier alpha value is -3.15. The van der Waals surface area contributed by atoms with Crippen molar-refractivity contribution in [2.45, 2.75) is 38.4 Å². The van der Waals surface area contributed by atoms with E-state index in [0.29, 0.717) is 21.8 Å². The molecule has 0 N–H and O–H groups in total. The van der Waals surface area contributed by atoms with E-state index in [1.165, 1.54) is 11.3 Å². The van der Waals surface area contributed by atoms with Crippen molar-refractivity contribution in [1.29, 1.82) is 0 Å². The van der Waals surface area contributed by atoms with Crippen LogP contribution in [0, 0.1) is 12.8 Å². The fourth-order valence-corrected chi connectivity index (χ4v) is 4.89. The van der Waals surface area contributed by atoms with Crippen molar-refractivity contribution in [3.05, 3.63) is 59.0 Å². The summed E-state index contributed by atoms with van der Waals surface area (Å²) in [4.78, 5) is 27.3. The van der Waals surface area contributed by atoms with Crippen molar-refractivity contribution in [2.75, 3.05) is 13.2 Å².